The second kappa shape index (κ2) is 4.74. The van der Waals surface area contributed by atoms with Crippen molar-refractivity contribution in [1.82, 2.24) is 4.98 Å². The summed E-state index contributed by atoms with van der Waals surface area (Å²) in [4.78, 5) is 7.30. The molecular weight excluding hydrogens is 384 g/mol. The summed E-state index contributed by atoms with van der Waals surface area (Å²) in [6, 6.07) is 2.25. The maximum Gasteiger partial charge on any atom is 0.134 e. The highest BCUT2D eigenvalue weighted by molar-refractivity contribution is 9.13. The summed E-state index contributed by atoms with van der Waals surface area (Å²) in [6.45, 7) is 0. The molecule has 1 unspecified atom stereocenters. The van der Waals surface area contributed by atoms with E-state index in [0.29, 0.717) is 0 Å². The molecule has 2 heterocycles. The zero-order valence-electron chi connectivity index (χ0n) is 8.87. The van der Waals surface area contributed by atoms with Gasteiger partial charge in [-0.3, -0.25) is 0 Å². The van der Waals surface area contributed by atoms with E-state index in [1.54, 1.807) is 22.7 Å². The number of rotatable bonds is 1. The summed E-state index contributed by atoms with van der Waals surface area (Å²) in [7, 11) is 0. The summed E-state index contributed by atoms with van der Waals surface area (Å²) in [5.74, 6) is 0. The van der Waals surface area contributed by atoms with Crippen LogP contribution in [0.25, 0.3) is 9.88 Å². The van der Waals surface area contributed by atoms with Crippen molar-refractivity contribution >= 4 is 54.5 Å². The van der Waals surface area contributed by atoms with Gasteiger partial charge in [-0.1, -0.05) is 0 Å². The van der Waals surface area contributed by atoms with Crippen molar-refractivity contribution < 1.29 is 0 Å². The van der Waals surface area contributed by atoms with E-state index in [0.717, 1.165) is 31.8 Å². The summed E-state index contributed by atoms with van der Waals surface area (Å²) in [5, 5.41) is 1.10. The van der Waals surface area contributed by atoms with E-state index in [2.05, 4.69) is 37.9 Å². The van der Waals surface area contributed by atoms with Crippen molar-refractivity contribution in [3.05, 3.63) is 24.9 Å². The zero-order valence-corrected chi connectivity index (χ0v) is 13.7. The molecule has 6 heteroatoms. The van der Waals surface area contributed by atoms with E-state index in [1.165, 1.54) is 16.2 Å². The fraction of sp³-hybridized carbons (Fsp3) is 0.364. The summed E-state index contributed by atoms with van der Waals surface area (Å²) in [5.41, 5.74) is 7.22. The molecule has 0 radical (unpaired) electrons. The van der Waals surface area contributed by atoms with Gasteiger partial charge in [-0.25, -0.2) is 4.98 Å². The highest BCUT2D eigenvalue weighted by Gasteiger charge is 2.23. The molecule has 0 spiro atoms. The molecular formula is C11H10Br2N2S2. The van der Waals surface area contributed by atoms with E-state index in [4.69, 9.17) is 10.7 Å². The number of thiazole rings is 1. The number of nitrogens with two attached hydrogens (primary N) is 1. The molecule has 2 aromatic rings. The Morgan fingerprint density at radius 2 is 2.18 bits per heavy atom. The van der Waals surface area contributed by atoms with Crippen LogP contribution in [-0.4, -0.2) is 4.98 Å². The molecule has 0 bridgehead atoms. The van der Waals surface area contributed by atoms with Gasteiger partial charge in [0.15, 0.2) is 0 Å². The molecule has 1 aliphatic carbocycles. The Morgan fingerprint density at radius 1 is 1.35 bits per heavy atom. The molecule has 3 rings (SSSR count). The maximum atomic E-state index is 6.10. The van der Waals surface area contributed by atoms with Crippen LogP contribution in [0.2, 0.25) is 0 Å². The minimum Gasteiger partial charge on any atom is -0.323 e. The normalized spacial score (nSPS) is 19.4. The van der Waals surface area contributed by atoms with E-state index in [-0.39, 0.29) is 6.04 Å². The van der Waals surface area contributed by atoms with Crippen molar-refractivity contribution in [1.29, 1.82) is 0 Å². The summed E-state index contributed by atoms with van der Waals surface area (Å²) < 4.78 is 2.21. The average Bonchev–Trinajstić information content (AvgIpc) is 2.85. The molecule has 2 aromatic heterocycles. The predicted molar refractivity (Wildman–Crippen MR) is 80.7 cm³/mol. The Hall–Kier alpha value is 0.250. The predicted octanol–water partition coefficient (Wildman–Crippen LogP) is 4.73. The lowest BCUT2D eigenvalue weighted by Gasteiger charge is -2.15. The van der Waals surface area contributed by atoms with Crippen molar-refractivity contribution in [3.63, 3.8) is 0 Å². The molecule has 17 heavy (non-hydrogen) atoms. The summed E-state index contributed by atoms with van der Waals surface area (Å²) in [6.07, 6.45) is 3.38. The van der Waals surface area contributed by atoms with Crippen molar-refractivity contribution in [2.45, 2.75) is 25.3 Å². The first-order valence-corrected chi connectivity index (χ1v) is 8.57. The Bertz CT molecular complexity index is 542. The quantitative estimate of drug-likeness (QED) is 0.760. The molecule has 1 aliphatic rings. The number of thiophene rings is 1. The molecule has 1 atom stereocenters. The van der Waals surface area contributed by atoms with Gasteiger partial charge in [0.05, 0.1) is 14.4 Å². The molecule has 0 aromatic carbocycles. The number of aromatic nitrogens is 1. The van der Waals surface area contributed by atoms with Crippen LogP contribution < -0.4 is 5.73 Å². The van der Waals surface area contributed by atoms with E-state index in [1.807, 2.05) is 0 Å². The van der Waals surface area contributed by atoms with Gasteiger partial charge in [-0.15, -0.1) is 22.7 Å². The summed E-state index contributed by atoms with van der Waals surface area (Å²) >= 11 is 10.5. The van der Waals surface area contributed by atoms with Crippen molar-refractivity contribution in [2.24, 2.45) is 5.73 Å². The molecule has 0 saturated carbocycles. The first kappa shape index (κ1) is 12.3. The lowest BCUT2D eigenvalue weighted by atomic mass is 9.99. The van der Waals surface area contributed by atoms with Crippen molar-refractivity contribution in [3.8, 4) is 9.88 Å². The standard InChI is InChI=1S/C11H10Br2N2S2/c12-5-4-8(16-10(5)13)11-15-9-6(14)2-1-3-7(9)17-11/h4,6H,1-3,14H2. The third-order valence-electron chi connectivity index (χ3n) is 2.85. The van der Waals surface area contributed by atoms with Gasteiger partial charge in [0.2, 0.25) is 0 Å². The fourth-order valence-electron chi connectivity index (χ4n) is 2.01. The first-order valence-electron chi connectivity index (χ1n) is 5.35. The van der Waals surface area contributed by atoms with Gasteiger partial charge in [0.25, 0.3) is 0 Å². The first-order chi connectivity index (χ1) is 8.15. The van der Waals surface area contributed by atoms with Gasteiger partial charge in [0, 0.05) is 15.4 Å². The Balaban J connectivity index is 2.04. The van der Waals surface area contributed by atoms with Crippen molar-refractivity contribution in [2.75, 3.05) is 0 Å². The third-order valence-corrected chi connectivity index (χ3v) is 7.41. The van der Waals surface area contributed by atoms with Crippen LogP contribution in [0.1, 0.15) is 29.5 Å². The van der Waals surface area contributed by atoms with Crippen LogP contribution in [-0.2, 0) is 6.42 Å². The second-order valence-corrected chi connectivity index (χ2v) is 8.37. The van der Waals surface area contributed by atoms with Crippen LogP contribution in [0, 0.1) is 0 Å². The molecule has 0 aliphatic heterocycles. The van der Waals surface area contributed by atoms with Crippen LogP contribution in [0.5, 0.6) is 0 Å². The molecule has 0 amide bonds. The Morgan fingerprint density at radius 3 is 2.82 bits per heavy atom. The number of fused-ring (bicyclic) bond motifs is 1. The van der Waals surface area contributed by atoms with E-state index < -0.39 is 0 Å². The lowest BCUT2D eigenvalue weighted by molar-refractivity contribution is 0.564. The molecule has 2 nitrogen and oxygen atoms in total. The van der Waals surface area contributed by atoms with Crippen LogP contribution in [0.4, 0.5) is 0 Å². The number of nitrogens with zero attached hydrogens (tertiary/aromatic N) is 1. The minimum atomic E-state index is 0.135. The van der Waals surface area contributed by atoms with E-state index in [9.17, 15) is 0 Å². The molecule has 90 valence electrons. The minimum absolute atomic E-state index is 0.135. The second-order valence-electron chi connectivity index (χ2n) is 4.06. The highest BCUT2D eigenvalue weighted by Crippen LogP contribution is 2.42. The van der Waals surface area contributed by atoms with Gasteiger partial charge >= 0.3 is 0 Å². The smallest absolute Gasteiger partial charge is 0.134 e. The molecule has 2 N–H and O–H groups in total. The van der Waals surface area contributed by atoms with Crippen LogP contribution >= 0.6 is 54.5 Å². The van der Waals surface area contributed by atoms with E-state index >= 15 is 0 Å². The lowest BCUT2D eigenvalue weighted by Crippen LogP contribution is -2.16. The van der Waals surface area contributed by atoms with Gasteiger partial charge in [-0.05, 0) is 57.2 Å². The Labute approximate surface area is 125 Å². The van der Waals surface area contributed by atoms with Gasteiger partial charge < -0.3 is 5.73 Å². The van der Waals surface area contributed by atoms with Gasteiger partial charge in [-0.2, -0.15) is 0 Å². The maximum absolute atomic E-state index is 6.10. The molecule has 0 fully saturated rings. The number of halogens is 2. The van der Waals surface area contributed by atoms with Crippen LogP contribution in [0.3, 0.4) is 0 Å². The number of aryl methyl sites for hydroxylation is 1. The average molecular weight is 394 g/mol. The topological polar surface area (TPSA) is 38.9 Å². The third kappa shape index (κ3) is 2.26. The SMILES string of the molecule is NC1CCCc2sc(-c3cc(Br)c(Br)s3)nc21. The Kier molecular flexibility index (Phi) is 3.42. The zero-order chi connectivity index (χ0) is 12.0. The number of hydrogen-bond acceptors (Lipinski definition) is 4. The van der Waals surface area contributed by atoms with Crippen LogP contribution in [0.15, 0.2) is 14.3 Å². The van der Waals surface area contributed by atoms with Gasteiger partial charge in [0.1, 0.15) is 5.01 Å². The number of hydrogen-bond donors (Lipinski definition) is 1. The monoisotopic (exact) mass is 392 g/mol. The fourth-order valence-corrected chi connectivity index (χ4v) is 5.26. The highest BCUT2D eigenvalue weighted by atomic mass is 79.9. The molecule has 0 saturated heterocycles. The largest absolute Gasteiger partial charge is 0.323 e.